The van der Waals surface area contributed by atoms with E-state index >= 15 is 0 Å². The molecule has 31 heavy (non-hydrogen) atoms. The Balaban J connectivity index is 1.59. The number of nitrogens with one attached hydrogen (secondary N) is 1. The van der Waals surface area contributed by atoms with Gasteiger partial charge in [0.2, 0.25) is 15.9 Å². The molecule has 3 rings (SSSR count). The highest BCUT2D eigenvalue weighted by Crippen LogP contribution is 2.26. The number of sulfonamides is 1. The Morgan fingerprint density at radius 1 is 1.03 bits per heavy atom. The van der Waals surface area contributed by atoms with Gasteiger partial charge < -0.3 is 5.32 Å². The molecule has 0 aliphatic carbocycles. The lowest BCUT2D eigenvalue weighted by atomic mass is 9.93. The van der Waals surface area contributed by atoms with Crippen molar-refractivity contribution in [1.82, 2.24) is 9.62 Å². The van der Waals surface area contributed by atoms with Crippen molar-refractivity contribution < 1.29 is 13.2 Å². The lowest BCUT2D eigenvalue weighted by Crippen LogP contribution is -2.44. The number of hydrogen-bond donors (Lipinski definition) is 1. The van der Waals surface area contributed by atoms with Gasteiger partial charge in [0.15, 0.2) is 0 Å². The van der Waals surface area contributed by atoms with Crippen LogP contribution in [0.5, 0.6) is 0 Å². The molecule has 6 heteroatoms. The molecule has 1 saturated heterocycles. The van der Waals surface area contributed by atoms with E-state index in [-0.39, 0.29) is 23.6 Å². The summed E-state index contributed by atoms with van der Waals surface area (Å²) >= 11 is 0. The van der Waals surface area contributed by atoms with Crippen molar-refractivity contribution in [2.24, 2.45) is 11.8 Å². The zero-order valence-electron chi connectivity index (χ0n) is 18.8. The Kier molecular flexibility index (Phi) is 7.89. The van der Waals surface area contributed by atoms with Crippen molar-refractivity contribution >= 4 is 15.9 Å². The van der Waals surface area contributed by atoms with Crippen LogP contribution in [0, 0.1) is 18.8 Å². The quantitative estimate of drug-likeness (QED) is 0.657. The van der Waals surface area contributed by atoms with Crippen molar-refractivity contribution in [1.29, 1.82) is 0 Å². The average Bonchev–Trinajstić information content (AvgIpc) is 2.75. The van der Waals surface area contributed by atoms with Crippen molar-refractivity contribution in [2.75, 3.05) is 13.1 Å². The number of carbonyl (C=O) groups is 1. The van der Waals surface area contributed by atoms with Gasteiger partial charge in [0.1, 0.15) is 0 Å². The molecule has 0 bridgehead atoms. The monoisotopic (exact) mass is 442 g/mol. The fourth-order valence-electron chi connectivity index (χ4n) is 4.18. The van der Waals surface area contributed by atoms with Gasteiger partial charge in [-0.1, -0.05) is 68.4 Å². The van der Waals surface area contributed by atoms with Crippen LogP contribution in [0.25, 0.3) is 0 Å². The van der Waals surface area contributed by atoms with E-state index in [1.807, 2.05) is 61.5 Å². The van der Waals surface area contributed by atoms with Crippen LogP contribution in [0.4, 0.5) is 0 Å². The minimum Gasteiger partial charge on any atom is -0.349 e. The maximum absolute atomic E-state index is 13.0. The third-order valence-corrected chi connectivity index (χ3v) is 7.87. The molecular weight excluding hydrogens is 408 g/mol. The van der Waals surface area contributed by atoms with Crippen LogP contribution in [0.2, 0.25) is 0 Å². The van der Waals surface area contributed by atoms with Gasteiger partial charge >= 0.3 is 0 Å². The fourth-order valence-corrected chi connectivity index (χ4v) is 5.85. The first kappa shape index (κ1) is 23.5. The zero-order valence-corrected chi connectivity index (χ0v) is 19.6. The lowest BCUT2D eigenvalue weighted by molar-refractivity contribution is -0.127. The summed E-state index contributed by atoms with van der Waals surface area (Å²) in [6.07, 6.45) is 1.99. The molecule has 0 aromatic heterocycles. The molecule has 0 spiro atoms. The van der Waals surface area contributed by atoms with Gasteiger partial charge in [-0.25, -0.2) is 12.7 Å². The third kappa shape index (κ3) is 6.40. The largest absolute Gasteiger partial charge is 0.349 e. The Morgan fingerprint density at radius 3 is 2.26 bits per heavy atom. The molecule has 1 amide bonds. The smallest absolute Gasteiger partial charge is 0.223 e. The van der Waals surface area contributed by atoms with Crippen LogP contribution in [-0.2, 0) is 20.6 Å². The third-order valence-electron chi connectivity index (χ3n) is 6.04. The minimum atomic E-state index is -3.39. The van der Waals surface area contributed by atoms with Crippen molar-refractivity contribution in [3.8, 4) is 0 Å². The summed E-state index contributed by atoms with van der Waals surface area (Å²) in [7, 11) is -3.39. The van der Waals surface area contributed by atoms with Gasteiger partial charge in [-0.15, -0.1) is 0 Å². The Morgan fingerprint density at radius 2 is 1.65 bits per heavy atom. The molecule has 2 aromatic rings. The van der Waals surface area contributed by atoms with E-state index in [4.69, 9.17) is 0 Å². The fraction of sp³-hybridized carbons (Fsp3) is 0.480. The highest BCUT2D eigenvalue weighted by Gasteiger charge is 2.32. The van der Waals surface area contributed by atoms with Crippen LogP contribution >= 0.6 is 0 Å². The topological polar surface area (TPSA) is 66.5 Å². The highest BCUT2D eigenvalue weighted by atomic mass is 32.2. The van der Waals surface area contributed by atoms with Crippen LogP contribution < -0.4 is 5.32 Å². The Hall–Kier alpha value is -2.18. The van der Waals surface area contributed by atoms with Gasteiger partial charge in [-0.2, -0.15) is 0 Å². The molecule has 168 valence electrons. The molecule has 1 aliphatic heterocycles. The lowest BCUT2D eigenvalue weighted by Gasteiger charge is -2.32. The van der Waals surface area contributed by atoms with Gasteiger partial charge in [-0.3, -0.25) is 4.79 Å². The Labute approximate surface area is 186 Å². The summed E-state index contributed by atoms with van der Waals surface area (Å²) in [6.45, 7) is 7.03. The number of carbonyl (C=O) groups excluding carboxylic acids is 1. The molecule has 2 aromatic carbocycles. The standard InChI is InChI=1S/C25H34N2O3S/c1-19(2)17-24(21-10-5-4-6-11-21)26-25(28)22-13-15-27(16-14-22)31(29,30)18-23-12-8-7-9-20(23)3/h4-12,19,22,24H,13-18H2,1-3H3,(H,26,28). The summed E-state index contributed by atoms with van der Waals surface area (Å²) < 4.78 is 27.3. The van der Waals surface area contributed by atoms with E-state index in [0.717, 1.165) is 23.1 Å². The predicted molar refractivity (Wildman–Crippen MR) is 125 cm³/mol. The highest BCUT2D eigenvalue weighted by molar-refractivity contribution is 7.88. The first-order valence-electron chi connectivity index (χ1n) is 11.1. The number of hydrogen-bond acceptors (Lipinski definition) is 3. The second-order valence-electron chi connectivity index (χ2n) is 8.96. The van der Waals surface area contributed by atoms with Crippen molar-refractivity contribution in [3.05, 3.63) is 71.3 Å². The summed E-state index contributed by atoms with van der Waals surface area (Å²) in [4.78, 5) is 13.0. The van der Waals surface area contributed by atoms with E-state index in [1.165, 1.54) is 0 Å². The van der Waals surface area contributed by atoms with Crippen LogP contribution in [0.15, 0.2) is 54.6 Å². The number of piperidine rings is 1. The second-order valence-corrected chi connectivity index (χ2v) is 10.9. The predicted octanol–water partition coefficient (Wildman–Crippen LogP) is 4.44. The zero-order chi connectivity index (χ0) is 22.4. The number of rotatable bonds is 8. The molecule has 0 saturated carbocycles. The van der Waals surface area contributed by atoms with E-state index in [2.05, 4.69) is 19.2 Å². The van der Waals surface area contributed by atoms with E-state index < -0.39 is 10.0 Å². The molecule has 1 unspecified atom stereocenters. The first-order valence-corrected chi connectivity index (χ1v) is 12.7. The molecular formula is C25H34N2O3S. The molecule has 1 aliphatic rings. The van der Waals surface area contributed by atoms with E-state index in [9.17, 15) is 13.2 Å². The molecule has 1 fully saturated rings. The number of benzene rings is 2. The van der Waals surface area contributed by atoms with Gasteiger partial charge in [0.05, 0.1) is 11.8 Å². The summed E-state index contributed by atoms with van der Waals surface area (Å²) in [5, 5.41) is 3.23. The number of amides is 1. The maximum Gasteiger partial charge on any atom is 0.223 e. The normalized spacial score (nSPS) is 16.9. The van der Waals surface area contributed by atoms with E-state index in [1.54, 1.807) is 4.31 Å². The molecule has 0 radical (unpaired) electrons. The summed E-state index contributed by atoms with van der Waals surface area (Å²) in [6, 6.07) is 17.6. The average molecular weight is 443 g/mol. The van der Waals surface area contributed by atoms with Crippen molar-refractivity contribution in [2.45, 2.75) is 51.8 Å². The van der Waals surface area contributed by atoms with Crippen molar-refractivity contribution in [3.63, 3.8) is 0 Å². The maximum atomic E-state index is 13.0. The summed E-state index contributed by atoms with van der Waals surface area (Å²) in [5.74, 6) is 0.355. The summed E-state index contributed by atoms with van der Waals surface area (Å²) in [5.41, 5.74) is 2.93. The van der Waals surface area contributed by atoms with Crippen LogP contribution in [0.1, 0.15) is 55.8 Å². The first-order chi connectivity index (χ1) is 14.8. The number of aryl methyl sites for hydroxylation is 1. The van der Waals surface area contributed by atoms with Gasteiger partial charge in [0, 0.05) is 19.0 Å². The Bertz CT molecular complexity index is 965. The molecule has 1 heterocycles. The second kappa shape index (κ2) is 10.4. The molecule has 1 atom stereocenters. The van der Waals surface area contributed by atoms with Crippen LogP contribution in [0.3, 0.4) is 0 Å². The number of nitrogens with zero attached hydrogens (tertiary/aromatic N) is 1. The minimum absolute atomic E-state index is 0.0149. The molecule has 5 nitrogen and oxygen atoms in total. The SMILES string of the molecule is Cc1ccccc1CS(=O)(=O)N1CCC(C(=O)NC(CC(C)C)c2ccccc2)CC1. The van der Waals surface area contributed by atoms with E-state index in [0.29, 0.717) is 31.8 Å². The van der Waals surface area contributed by atoms with Gasteiger partial charge in [0.25, 0.3) is 0 Å². The molecule has 1 N–H and O–H groups in total. The van der Waals surface area contributed by atoms with Gasteiger partial charge in [-0.05, 0) is 48.8 Å². The van der Waals surface area contributed by atoms with Crippen LogP contribution in [-0.4, -0.2) is 31.7 Å².